The Hall–Kier alpha value is -4.38. The molecular formula is C94H180O2S6. The maximum absolute atomic E-state index is 4.91. The summed E-state index contributed by atoms with van der Waals surface area (Å²) in [6.45, 7) is 58.6. The van der Waals surface area contributed by atoms with Crippen molar-refractivity contribution < 1.29 is 9.47 Å². The van der Waals surface area contributed by atoms with Crippen molar-refractivity contribution in [3.8, 4) is 5.75 Å². The molecule has 0 spiro atoms. The monoisotopic (exact) mass is 1530 g/mol. The van der Waals surface area contributed by atoms with Crippen molar-refractivity contribution in [2.45, 2.75) is 216 Å². The van der Waals surface area contributed by atoms with Gasteiger partial charge in [0.05, 0.1) is 7.11 Å². The quantitative estimate of drug-likeness (QED) is 0.160. The van der Waals surface area contributed by atoms with Crippen LogP contribution in [0, 0.1) is 48.5 Å². The van der Waals surface area contributed by atoms with Gasteiger partial charge >= 0.3 is 0 Å². The van der Waals surface area contributed by atoms with E-state index in [1.165, 1.54) is 38.9 Å². The fourth-order valence-corrected chi connectivity index (χ4v) is 4.30. The molecule has 0 bridgehead atoms. The highest BCUT2D eigenvalue weighted by Gasteiger charge is 1.81. The third kappa shape index (κ3) is 225. The van der Waals surface area contributed by atoms with Crippen LogP contribution in [0.2, 0.25) is 0 Å². The molecule has 0 aliphatic heterocycles. The zero-order chi connectivity index (χ0) is 82.6. The summed E-state index contributed by atoms with van der Waals surface area (Å²) in [6.07, 6.45) is 24.5. The van der Waals surface area contributed by atoms with Gasteiger partial charge in [-0.1, -0.05) is 437 Å². The third-order valence-electron chi connectivity index (χ3n) is 7.56. The van der Waals surface area contributed by atoms with Crippen LogP contribution in [0.5, 0.6) is 5.75 Å². The SMILES string of the molecule is C.C.CC.CC.CC.CC.CC.CC.CC.CC.CC.CC.CC.COC.COc1ccccc1.CSC.CSC.CSC.CSC.CSC.CSC.Cc1ccccc1.Cc1ccccc1.Cc1ccccc1.Cc1ccccc1.Cc1ccccc1.Cc1ccccc1.Cc1ccccc1. The Morgan fingerprint density at radius 3 is 0.275 bits per heavy atom. The van der Waals surface area contributed by atoms with Crippen LogP contribution >= 0.6 is 70.6 Å². The Morgan fingerprint density at radius 1 is 0.167 bits per heavy atom. The lowest BCUT2D eigenvalue weighted by Gasteiger charge is -1.93. The minimum atomic E-state index is 0. The van der Waals surface area contributed by atoms with Crippen LogP contribution in [0.25, 0.3) is 0 Å². The van der Waals surface area contributed by atoms with Crippen molar-refractivity contribution in [2.75, 3.05) is 96.4 Å². The molecule has 8 aromatic rings. The Morgan fingerprint density at radius 2 is 0.235 bits per heavy atom. The van der Waals surface area contributed by atoms with E-state index in [1.54, 1.807) is 91.9 Å². The lowest BCUT2D eigenvalue weighted by atomic mass is 10.2. The molecule has 0 N–H and O–H groups in total. The van der Waals surface area contributed by atoms with Gasteiger partial charge in [0.15, 0.2) is 0 Å². The summed E-state index contributed by atoms with van der Waals surface area (Å²) in [5.74, 6) is 0.910. The smallest absolute Gasteiger partial charge is 0.118 e. The van der Waals surface area contributed by atoms with Gasteiger partial charge in [0, 0.05) is 14.2 Å². The van der Waals surface area contributed by atoms with Crippen molar-refractivity contribution in [1.82, 2.24) is 0 Å². The lowest BCUT2D eigenvalue weighted by molar-refractivity contribution is 0.277. The molecule has 0 aromatic heterocycles. The summed E-state index contributed by atoms with van der Waals surface area (Å²) >= 11 is 10.5. The van der Waals surface area contributed by atoms with Crippen molar-refractivity contribution in [1.29, 1.82) is 0 Å². The van der Waals surface area contributed by atoms with E-state index in [9.17, 15) is 0 Å². The van der Waals surface area contributed by atoms with Crippen LogP contribution in [-0.4, -0.2) is 96.4 Å². The van der Waals surface area contributed by atoms with Gasteiger partial charge in [0.1, 0.15) is 5.75 Å². The van der Waals surface area contributed by atoms with Gasteiger partial charge in [-0.05, 0) is 136 Å². The van der Waals surface area contributed by atoms with E-state index in [4.69, 9.17) is 4.74 Å². The molecule has 0 saturated heterocycles. The first-order valence-corrected chi connectivity index (χ1v) is 45.9. The Bertz CT molecular complexity index is 1740. The fraction of sp³-hybridized carbons (Fsp3) is 0.489. The average Bonchev–Trinajstić information content (AvgIpc) is 1.80. The fourth-order valence-electron chi connectivity index (χ4n) is 4.30. The van der Waals surface area contributed by atoms with Gasteiger partial charge in [0.2, 0.25) is 0 Å². The highest BCUT2D eigenvalue weighted by molar-refractivity contribution is 7.98. The number of rotatable bonds is 1. The molecule has 604 valence electrons. The van der Waals surface area contributed by atoms with Crippen molar-refractivity contribution >= 4 is 70.6 Å². The molecule has 0 heterocycles. The van der Waals surface area contributed by atoms with E-state index >= 15 is 0 Å². The predicted octanol–water partition coefficient (Wildman–Crippen LogP) is 34.4. The summed E-state index contributed by atoms with van der Waals surface area (Å²) in [4.78, 5) is 0. The van der Waals surface area contributed by atoms with Crippen LogP contribution in [0.3, 0.4) is 0 Å². The molecule has 8 rings (SSSR count). The van der Waals surface area contributed by atoms with E-state index < -0.39 is 0 Å². The number of hydrogen-bond donors (Lipinski definition) is 0. The molecule has 0 aliphatic carbocycles. The topological polar surface area (TPSA) is 18.5 Å². The Labute approximate surface area is 674 Å². The molecular weight excluding hydrogens is 1350 g/mol. The van der Waals surface area contributed by atoms with Crippen LogP contribution < -0.4 is 4.74 Å². The highest BCUT2D eigenvalue weighted by atomic mass is 32.2. The minimum absolute atomic E-state index is 0. The molecule has 8 aromatic carbocycles. The van der Waals surface area contributed by atoms with Gasteiger partial charge < -0.3 is 9.47 Å². The molecule has 2 nitrogen and oxygen atoms in total. The normalized spacial score (nSPS) is 6.75. The number of methoxy groups -OCH3 is 2. The van der Waals surface area contributed by atoms with Gasteiger partial charge in [-0.15, -0.1) is 0 Å². The number of benzene rings is 8. The first-order valence-electron chi connectivity index (χ1n) is 36.1. The summed E-state index contributed by atoms with van der Waals surface area (Å²) in [5, 5.41) is 0. The van der Waals surface area contributed by atoms with E-state index in [-0.39, 0.29) is 14.9 Å². The first kappa shape index (κ1) is 151. The molecule has 102 heavy (non-hydrogen) atoms. The van der Waals surface area contributed by atoms with Crippen LogP contribution in [0.1, 0.15) is 206 Å². The highest BCUT2D eigenvalue weighted by Crippen LogP contribution is 2.05. The van der Waals surface area contributed by atoms with Crippen molar-refractivity contribution in [2.24, 2.45) is 0 Å². The van der Waals surface area contributed by atoms with E-state index in [1.807, 2.05) is 385 Å². The van der Waals surface area contributed by atoms with E-state index in [0.717, 1.165) is 5.75 Å². The second-order valence-corrected chi connectivity index (χ2v) is 20.9. The van der Waals surface area contributed by atoms with Crippen molar-refractivity contribution in [3.05, 3.63) is 282 Å². The number of para-hydroxylation sites is 1. The van der Waals surface area contributed by atoms with Crippen molar-refractivity contribution in [3.63, 3.8) is 0 Å². The Balaban J connectivity index is -0.0000000388. The van der Waals surface area contributed by atoms with Gasteiger partial charge in [-0.25, -0.2) is 0 Å². The summed E-state index contributed by atoms with van der Waals surface area (Å²) in [6, 6.07) is 81.5. The number of aryl methyl sites for hydroxylation is 7. The lowest BCUT2D eigenvalue weighted by Crippen LogP contribution is -1.78. The zero-order valence-corrected chi connectivity index (χ0v) is 79.3. The maximum atomic E-state index is 4.91. The van der Waals surface area contributed by atoms with E-state index in [0.29, 0.717) is 0 Å². The van der Waals surface area contributed by atoms with Crippen LogP contribution in [0.4, 0.5) is 0 Å². The number of hydrogen-bond acceptors (Lipinski definition) is 8. The van der Waals surface area contributed by atoms with E-state index in [2.05, 4.69) is 138 Å². The molecule has 0 fully saturated rings. The maximum Gasteiger partial charge on any atom is 0.118 e. The molecule has 8 heteroatoms. The largest absolute Gasteiger partial charge is 0.497 e. The first-order chi connectivity index (χ1) is 48.6. The molecule has 0 amide bonds. The second kappa shape index (κ2) is 193. The average molecular weight is 1530 g/mol. The molecule has 0 saturated carbocycles. The summed E-state index contributed by atoms with van der Waals surface area (Å²) in [5.41, 5.74) is 9.25. The zero-order valence-electron chi connectivity index (χ0n) is 74.4. The number of thioether (sulfide) groups is 6. The van der Waals surface area contributed by atoms with Crippen LogP contribution in [-0.2, 0) is 4.74 Å². The predicted molar refractivity (Wildman–Crippen MR) is 519 cm³/mol. The van der Waals surface area contributed by atoms with Gasteiger partial charge in [-0.3, -0.25) is 0 Å². The van der Waals surface area contributed by atoms with Gasteiger partial charge in [-0.2, -0.15) is 70.6 Å². The van der Waals surface area contributed by atoms with Gasteiger partial charge in [0.25, 0.3) is 0 Å². The standard InChI is InChI=1S/C7H8O.7C7H8.C2H6O.6C2H6S.11C2H6.2CH4/c1-8-7-5-3-2-4-6-7;7*1-7-5-3-2-4-6-7;7*1-3-2;11*1-2;;/h2-6H,1H3;7*2-6H,1H3;7*1-2H3;11*1-2H3;2*1H4. The molecule has 0 aliphatic rings. The third-order valence-corrected chi connectivity index (χ3v) is 7.56. The molecule has 0 unspecified atom stereocenters. The molecule has 0 radical (unpaired) electrons. The molecule has 0 atom stereocenters. The summed E-state index contributed by atoms with van der Waals surface area (Å²) in [7, 11) is 4.91. The summed E-state index contributed by atoms with van der Waals surface area (Å²) < 4.78 is 9.16. The minimum Gasteiger partial charge on any atom is -0.497 e. The number of ether oxygens (including phenoxy) is 2. The second-order valence-electron chi connectivity index (χ2n) is 16.0. The van der Waals surface area contributed by atoms with Crippen LogP contribution in [0.15, 0.2) is 243 Å². The Kier molecular flexibility index (Phi) is 287.